The van der Waals surface area contributed by atoms with Crippen molar-refractivity contribution in [1.29, 1.82) is 0 Å². The van der Waals surface area contributed by atoms with Crippen LogP contribution in [-0.4, -0.2) is 53.2 Å². The van der Waals surface area contributed by atoms with E-state index in [1.54, 1.807) is 12.1 Å². The predicted molar refractivity (Wildman–Crippen MR) is 87.2 cm³/mol. The third-order valence-corrected chi connectivity index (χ3v) is 4.15. The Morgan fingerprint density at radius 3 is 2.68 bits per heavy atom. The van der Waals surface area contributed by atoms with E-state index < -0.39 is 0 Å². The molecule has 0 radical (unpaired) electrons. The fourth-order valence-electron chi connectivity index (χ4n) is 2.73. The fraction of sp³-hybridized carbons (Fsp3) is 0.625. The Kier molecular flexibility index (Phi) is 5.42. The molecule has 1 saturated heterocycles. The number of rotatable bonds is 4. The van der Waals surface area contributed by atoms with E-state index in [1.165, 1.54) is 6.20 Å². The van der Waals surface area contributed by atoms with Gasteiger partial charge in [-0.05, 0) is 39.8 Å². The first kappa shape index (κ1) is 17.2. The first-order valence-electron chi connectivity index (χ1n) is 7.58. The van der Waals surface area contributed by atoms with Crippen LogP contribution in [0.3, 0.4) is 0 Å². The molecule has 1 N–H and O–H groups in total. The Morgan fingerprint density at radius 1 is 1.45 bits per heavy atom. The van der Waals surface area contributed by atoms with Crippen molar-refractivity contribution in [3.05, 3.63) is 29.0 Å². The number of carbonyl (C=O) groups excluding carboxylic acids is 1. The first-order chi connectivity index (χ1) is 10.3. The Labute approximate surface area is 137 Å². The molecule has 1 amide bonds. The van der Waals surface area contributed by atoms with Crippen molar-refractivity contribution < 1.29 is 9.53 Å². The van der Waals surface area contributed by atoms with Crippen LogP contribution in [0.2, 0.25) is 5.15 Å². The maximum Gasteiger partial charge on any atom is 0.251 e. The summed E-state index contributed by atoms with van der Waals surface area (Å²) < 4.78 is 5.77. The summed E-state index contributed by atoms with van der Waals surface area (Å²) in [6.45, 7) is 10.7. The van der Waals surface area contributed by atoms with Crippen LogP contribution >= 0.6 is 11.6 Å². The lowest BCUT2D eigenvalue weighted by Crippen LogP contribution is -2.58. The zero-order valence-electron chi connectivity index (χ0n) is 13.6. The van der Waals surface area contributed by atoms with Crippen molar-refractivity contribution in [2.45, 2.75) is 45.4 Å². The average Bonchev–Trinajstić information content (AvgIpc) is 2.44. The summed E-state index contributed by atoms with van der Waals surface area (Å²) in [5, 5.41) is 3.31. The molecular weight excluding hydrogens is 302 g/mol. The molecule has 122 valence electrons. The lowest BCUT2D eigenvalue weighted by Gasteiger charge is -2.45. The number of nitrogens with zero attached hydrogens (tertiary/aromatic N) is 2. The lowest BCUT2D eigenvalue weighted by atomic mass is 10.00. The van der Waals surface area contributed by atoms with Gasteiger partial charge in [0.05, 0.1) is 12.2 Å². The number of carbonyl (C=O) groups is 1. The molecule has 2 heterocycles. The summed E-state index contributed by atoms with van der Waals surface area (Å²) >= 11 is 5.82. The number of pyridine rings is 1. The van der Waals surface area contributed by atoms with E-state index in [4.69, 9.17) is 16.3 Å². The molecule has 0 spiro atoms. The summed E-state index contributed by atoms with van der Waals surface area (Å²) in [4.78, 5) is 18.5. The van der Waals surface area contributed by atoms with Gasteiger partial charge in [-0.3, -0.25) is 9.69 Å². The molecule has 5 nitrogen and oxygen atoms in total. The van der Waals surface area contributed by atoms with Crippen molar-refractivity contribution in [3.63, 3.8) is 0 Å². The van der Waals surface area contributed by atoms with Gasteiger partial charge in [-0.1, -0.05) is 11.6 Å². The molecule has 0 aliphatic carbocycles. The largest absolute Gasteiger partial charge is 0.373 e. The number of hydrogen-bond donors (Lipinski definition) is 1. The fourth-order valence-corrected chi connectivity index (χ4v) is 2.90. The second-order valence-corrected chi connectivity index (χ2v) is 6.91. The van der Waals surface area contributed by atoms with Gasteiger partial charge in [0.25, 0.3) is 5.91 Å². The minimum Gasteiger partial charge on any atom is -0.373 e. The molecule has 22 heavy (non-hydrogen) atoms. The van der Waals surface area contributed by atoms with Crippen LogP contribution in [0.4, 0.5) is 0 Å². The molecule has 0 aromatic carbocycles. The molecule has 1 aromatic rings. The molecule has 2 rings (SSSR count). The van der Waals surface area contributed by atoms with Crippen LogP contribution in [0, 0.1) is 0 Å². The normalized spacial score (nSPS) is 23.3. The van der Waals surface area contributed by atoms with E-state index >= 15 is 0 Å². The van der Waals surface area contributed by atoms with Crippen molar-refractivity contribution in [3.8, 4) is 0 Å². The maximum atomic E-state index is 12.2. The van der Waals surface area contributed by atoms with Crippen molar-refractivity contribution >= 4 is 17.5 Å². The maximum absolute atomic E-state index is 12.2. The minimum atomic E-state index is -0.140. The zero-order chi connectivity index (χ0) is 16.3. The minimum absolute atomic E-state index is 0.133. The molecule has 2 unspecified atom stereocenters. The number of aromatic nitrogens is 1. The highest BCUT2D eigenvalue weighted by Gasteiger charge is 2.33. The quantitative estimate of drug-likeness (QED) is 0.863. The first-order valence-corrected chi connectivity index (χ1v) is 7.96. The van der Waals surface area contributed by atoms with Crippen LogP contribution in [0.1, 0.15) is 38.1 Å². The predicted octanol–water partition coefficient (Wildman–Crippen LogP) is 2.35. The summed E-state index contributed by atoms with van der Waals surface area (Å²) in [5.74, 6) is -0.133. The Balaban J connectivity index is 1.95. The molecule has 1 aliphatic heterocycles. The summed E-state index contributed by atoms with van der Waals surface area (Å²) in [6.07, 6.45) is 1.95. The molecule has 0 saturated carbocycles. The third-order valence-electron chi connectivity index (χ3n) is 3.95. The highest BCUT2D eigenvalue weighted by molar-refractivity contribution is 6.29. The summed E-state index contributed by atoms with van der Waals surface area (Å²) in [5.41, 5.74) is 0.387. The second kappa shape index (κ2) is 6.94. The number of amides is 1. The van der Waals surface area contributed by atoms with Crippen LogP contribution in [0.5, 0.6) is 0 Å². The van der Waals surface area contributed by atoms with Gasteiger partial charge in [0.2, 0.25) is 0 Å². The molecule has 1 aromatic heterocycles. The SMILES string of the molecule is CC1CN(C(C)(C)CNC(=O)c2ccnc(Cl)c2)CC(C)O1. The average molecular weight is 326 g/mol. The van der Waals surface area contributed by atoms with Crippen molar-refractivity contribution in [1.82, 2.24) is 15.2 Å². The van der Waals surface area contributed by atoms with E-state index in [0.29, 0.717) is 17.3 Å². The van der Waals surface area contributed by atoms with Gasteiger partial charge < -0.3 is 10.1 Å². The van der Waals surface area contributed by atoms with E-state index in [0.717, 1.165) is 13.1 Å². The lowest BCUT2D eigenvalue weighted by molar-refractivity contribution is -0.0948. The van der Waals surface area contributed by atoms with Gasteiger partial charge in [0.15, 0.2) is 0 Å². The summed E-state index contributed by atoms with van der Waals surface area (Å²) in [7, 11) is 0. The van der Waals surface area contributed by atoms with Gasteiger partial charge in [-0.25, -0.2) is 4.98 Å². The smallest absolute Gasteiger partial charge is 0.251 e. The monoisotopic (exact) mass is 325 g/mol. The van der Waals surface area contributed by atoms with Gasteiger partial charge in [-0.15, -0.1) is 0 Å². The molecular formula is C16H24ClN3O2. The van der Waals surface area contributed by atoms with E-state index in [1.807, 2.05) is 0 Å². The molecule has 1 aliphatic rings. The van der Waals surface area contributed by atoms with Crippen LogP contribution < -0.4 is 5.32 Å². The molecule has 0 bridgehead atoms. The zero-order valence-corrected chi connectivity index (χ0v) is 14.4. The Hall–Kier alpha value is -1.17. The Bertz CT molecular complexity index is 526. The molecule has 1 fully saturated rings. The third kappa shape index (κ3) is 4.41. The highest BCUT2D eigenvalue weighted by Crippen LogP contribution is 2.20. The standard InChI is InChI=1S/C16H24ClN3O2/c1-11-8-20(9-12(2)22-11)16(3,4)10-19-15(21)13-5-6-18-14(17)7-13/h5-7,11-12H,8-10H2,1-4H3,(H,19,21). The van der Waals surface area contributed by atoms with E-state index in [2.05, 4.69) is 42.9 Å². The van der Waals surface area contributed by atoms with Crippen LogP contribution in [0.25, 0.3) is 0 Å². The number of halogens is 1. The van der Waals surface area contributed by atoms with Gasteiger partial charge >= 0.3 is 0 Å². The Morgan fingerprint density at radius 2 is 2.09 bits per heavy atom. The van der Waals surface area contributed by atoms with E-state index in [-0.39, 0.29) is 23.7 Å². The van der Waals surface area contributed by atoms with E-state index in [9.17, 15) is 4.79 Å². The second-order valence-electron chi connectivity index (χ2n) is 6.52. The summed E-state index contributed by atoms with van der Waals surface area (Å²) in [6, 6.07) is 3.23. The molecule has 2 atom stereocenters. The van der Waals surface area contributed by atoms with Crippen molar-refractivity contribution in [2.75, 3.05) is 19.6 Å². The highest BCUT2D eigenvalue weighted by atomic mass is 35.5. The van der Waals surface area contributed by atoms with Crippen molar-refractivity contribution in [2.24, 2.45) is 0 Å². The topological polar surface area (TPSA) is 54.5 Å². The molecule has 6 heteroatoms. The van der Waals surface area contributed by atoms with Gasteiger partial charge in [0, 0.05) is 36.9 Å². The number of hydrogen-bond acceptors (Lipinski definition) is 4. The van der Waals surface area contributed by atoms with Gasteiger partial charge in [-0.2, -0.15) is 0 Å². The van der Waals surface area contributed by atoms with Crippen LogP contribution in [-0.2, 0) is 4.74 Å². The number of nitrogens with one attached hydrogen (secondary N) is 1. The number of morpholine rings is 1. The number of ether oxygens (including phenoxy) is 1. The van der Waals surface area contributed by atoms with Crippen LogP contribution in [0.15, 0.2) is 18.3 Å². The van der Waals surface area contributed by atoms with Gasteiger partial charge in [0.1, 0.15) is 5.15 Å².